The smallest absolute Gasteiger partial charge is 0.226 e. The Balaban J connectivity index is 1.42. The number of rotatable bonds is 5. The molecule has 6 heteroatoms. The Hall–Kier alpha value is -2.05. The molecule has 2 fully saturated rings. The van der Waals surface area contributed by atoms with Gasteiger partial charge >= 0.3 is 0 Å². The Kier molecular flexibility index (Phi) is 7.21. The van der Waals surface area contributed by atoms with Crippen LogP contribution in [0.25, 0.3) is 10.4 Å². The lowest BCUT2D eigenvalue weighted by Crippen LogP contribution is -2.37. The molecule has 0 radical (unpaired) electrons. The molecule has 33 heavy (non-hydrogen) atoms. The van der Waals surface area contributed by atoms with Crippen LogP contribution >= 0.6 is 11.3 Å². The van der Waals surface area contributed by atoms with Gasteiger partial charge in [-0.3, -0.25) is 4.79 Å². The Morgan fingerprint density at radius 2 is 1.94 bits per heavy atom. The average molecular weight is 470 g/mol. The average Bonchev–Trinajstić information content (AvgIpc) is 3.17. The highest BCUT2D eigenvalue weighted by Crippen LogP contribution is 2.41. The number of hydrogen-bond donors (Lipinski definition) is 0. The van der Waals surface area contributed by atoms with Crippen LogP contribution in [0, 0.1) is 12.8 Å². The third kappa shape index (κ3) is 5.38. The van der Waals surface area contributed by atoms with Crippen LogP contribution in [0.1, 0.15) is 61.8 Å². The molecular formula is C27H35NO4S. The van der Waals surface area contributed by atoms with Crippen LogP contribution in [0.5, 0.6) is 11.5 Å². The van der Waals surface area contributed by atoms with E-state index in [-0.39, 0.29) is 12.0 Å². The van der Waals surface area contributed by atoms with Gasteiger partial charge in [0, 0.05) is 34.4 Å². The van der Waals surface area contributed by atoms with E-state index in [9.17, 15) is 4.79 Å². The Morgan fingerprint density at radius 1 is 1.09 bits per heavy atom. The summed E-state index contributed by atoms with van der Waals surface area (Å²) in [5.74, 6) is 2.03. The van der Waals surface area contributed by atoms with Gasteiger partial charge in [-0.2, -0.15) is 0 Å². The van der Waals surface area contributed by atoms with Crippen molar-refractivity contribution in [1.82, 2.24) is 4.90 Å². The van der Waals surface area contributed by atoms with Crippen molar-refractivity contribution in [3.05, 3.63) is 34.7 Å². The van der Waals surface area contributed by atoms with E-state index in [1.54, 1.807) is 11.3 Å². The van der Waals surface area contributed by atoms with Crippen molar-refractivity contribution in [3.63, 3.8) is 0 Å². The fraction of sp³-hybridized carbons (Fsp3) is 0.593. The van der Waals surface area contributed by atoms with Gasteiger partial charge in [0.05, 0.1) is 12.6 Å². The van der Waals surface area contributed by atoms with E-state index in [2.05, 4.69) is 31.2 Å². The predicted octanol–water partition coefficient (Wildman–Crippen LogP) is 5.97. The number of carbonyl (C=O) groups excluding carboxylic acids is 1. The second-order valence-corrected chi connectivity index (χ2v) is 10.9. The molecule has 1 aromatic carbocycles. The molecule has 1 aromatic heterocycles. The van der Waals surface area contributed by atoms with Gasteiger partial charge in [0.25, 0.3) is 0 Å². The van der Waals surface area contributed by atoms with Crippen molar-refractivity contribution >= 4 is 17.2 Å². The Bertz CT molecular complexity index is 959. The Morgan fingerprint density at radius 3 is 2.70 bits per heavy atom. The summed E-state index contributed by atoms with van der Waals surface area (Å²) in [6, 6.07) is 8.61. The lowest BCUT2D eigenvalue weighted by molar-refractivity contribution is -0.137. The molecule has 1 saturated carbocycles. The van der Waals surface area contributed by atoms with Gasteiger partial charge in [-0.15, -0.1) is 11.3 Å². The summed E-state index contributed by atoms with van der Waals surface area (Å²) in [6.45, 7) is 5.19. The van der Waals surface area contributed by atoms with Crippen molar-refractivity contribution in [2.45, 2.75) is 70.9 Å². The molecule has 178 valence electrons. The van der Waals surface area contributed by atoms with E-state index in [0.717, 1.165) is 54.9 Å². The number of fused-ring (bicyclic) bond motifs is 1. The van der Waals surface area contributed by atoms with Crippen molar-refractivity contribution in [3.8, 4) is 21.9 Å². The van der Waals surface area contributed by atoms with E-state index >= 15 is 0 Å². The zero-order valence-electron chi connectivity index (χ0n) is 19.6. The van der Waals surface area contributed by atoms with Crippen molar-refractivity contribution in [1.29, 1.82) is 0 Å². The summed E-state index contributed by atoms with van der Waals surface area (Å²) in [4.78, 5) is 17.8. The molecule has 2 aliphatic heterocycles. The summed E-state index contributed by atoms with van der Waals surface area (Å²) < 4.78 is 18.4. The molecule has 1 aliphatic carbocycles. The van der Waals surface area contributed by atoms with E-state index in [1.807, 2.05) is 4.90 Å². The standard InChI is InChI=1S/C27H35NO4S/c1-19-10-11-25(33-19)21-15-22-17-28(27(29)20-7-3-2-4-8-20)12-14-31-26(22)24(16-21)32-18-23-9-5-6-13-30-23/h10-11,15-16,20,23H,2-9,12-14,17-18H2,1H3/t23-/m0/s1. The summed E-state index contributed by atoms with van der Waals surface area (Å²) >= 11 is 1.78. The highest BCUT2D eigenvalue weighted by atomic mass is 32.1. The summed E-state index contributed by atoms with van der Waals surface area (Å²) in [6.07, 6.45) is 9.13. The maximum atomic E-state index is 13.3. The molecule has 5 nitrogen and oxygen atoms in total. The molecule has 0 N–H and O–H groups in total. The number of thiophene rings is 1. The van der Waals surface area contributed by atoms with Crippen LogP contribution in [0.4, 0.5) is 0 Å². The molecule has 1 atom stereocenters. The second-order valence-electron chi connectivity index (χ2n) is 9.62. The minimum atomic E-state index is 0.136. The fourth-order valence-electron chi connectivity index (χ4n) is 5.24. The van der Waals surface area contributed by atoms with Gasteiger partial charge in [-0.25, -0.2) is 0 Å². The van der Waals surface area contributed by atoms with Crippen LogP contribution in [-0.4, -0.2) is 43.3 Å². The van der Waals surface area contributed by atoms with Gasteiger partial charge in [0.2, 0.25) is 5.91 Å². The third-order valence-electron chi connectivity index (χ3n) is 7.09. The van der Waals surface area contributed by atoms with Crippen molar-refractivity contribution in [2.24, 2.45) is 5.92 Å². The minimum Gasteiger partial charge on any atom is -0.487 e. The number of amides is 1. The molecular weight excluding hydrogens is 434 g/mol. The van der Waals surface area contributed by atoms with E-state index in [1.165, 1.54) is 35.4 Å². The van der Waals surface area contributed by atoms with Gasteiger partial charge in [-0.1, -0.05) is 19.3 Å². The SMILES string of the molecule is Cc1ccc(-c2cc3c(c(OC[C@@H]4CCCCO4)c2)OCCN(C(=O)C2CCCCC2)C3)s1. The normalized spacial score (nSPS) is 21.7. The number of carbonyl (C=O) groups is 1. The fourth-order valence-corrected chi connectivity index (χ4v) is 6.10. The third-order valence-corrected chi connectivity index (χ3v) is 8.14. The first kappa shape index (κ1) is 22.7. The first-order valence-corrected chi connectivity index (χ1v) is 13.4. The maximum Gasteiger partial charge on any atom is 0.226 e. The zero-order chi connectivity index (χ0) is 22.6. The summed E-state index contributed by atoms with van der Waals surface area (Å²) in [7, 11) is 0. The maximum absolute atomic E-state index is 13.3. The minimum absolute atomic E-state index is 0.136. The summed E-state index contributed by atoms with van der Waals surface area (Å²) in [5.41, 5.74) is 2.17. The molecule has 5 rings (SSSR count). The summed E-state index contributed by atoms with van der Waals surface area (Å²) in [5, 5.41) is 0. The number of benzene rings is 1. The van der Waals surface area contributed by atoms with Crippen LogP contribution in [0.3, 0.4) is 0 Å². The predicted molar refractivity (Wildman–Crippen MR) is 131 cm³/mol. The Labute approximate surface area is 201 Å². The van der Waals surface area contributed by atoms with E-state index in [4.69, 9.17) is 14.2 Å². The monoisotopic (exact) mass is 469 g/mol. The van der Waals surface area contributed by atoms with Gasteiger partial charge in [0.15, 0.2) is 11.5 Å². The first-order chi connectivity index (χ1) is 16.2. The van der Waals surface area contributed by atoms with Crippen LogP contribution < -0.4 is 9.47 Å². The highest BCUT2D eigenvalue weighted by Gasteiger charge is 2.29. The van der Waals surface area contributed by atoms with E-state index in [0.29, 0.717) is 32.2 Å². The molecule has 2 aromatic rings. The van der Waals surface area contributed by atoms with Crippen LogP contribution in [0.2, 0.25) is 0 Å². The molecule has 3 heterocycles. The highest BCUT2D eigenvalue weighted by molar-refractivity contribution is 7.15. The molecule has 0 bridgehead atoms. The molecule has 3 aliphatic rings. The molecule has 1 amide bonds. The first-order valence-electron chi connectivity index (χ1n) is 12.6. The number of ether oxygens (including phenoxy) is 3. The number of nitrogens with zero attached hydrogens (tertiary/aromatic N) is 1. The lowest BCUT2D eigenvalue weighted by Gasteiger charge is -2.28. The zero-order valence-corrected chi connectivity index (χ0v) is 20.5. The van der Waals surface area contributed by atoms with Crippen molar-refractivity contribution in [2.75, 3.05) is 26.4 Å². The lowest BCUT2D eigenvalue weighted by atomic mass is 9.88. The van der Waals surface area contributed by atoms with Crippen molar-refractivity contribution < 1.29 is 19.0 Å². The van der Waals surface area contributed by atoms with E-state index < -0.39 is 0 Å². The molecule has 0 spiro atoms. The van der Waals surface area contributed by atoms with Gasteiger partial charge in [-0.05, 0) is 68.9 Å². The van der Waals surface area contributed by atoms with Crippen LogP contribution in [-0.2, 0) is 16.1 Å². The van der Waals surface area contributed by atoms with Crippen LogP contribution in [0.15, 0.2) is 24.3 Å². The number of aryl methyl sites for hydroxylation is 1. The van der Waals surface area contributed by atoms with Gasteiger partial charge < -0.3 is 19.1 Å². The largest absolute Gasteiger partial charge is 0.487 e. The second kappa shape index (κ2) is 10.5. The quantitative estimate of drug-likeness (QED) is 0.541. The molecule has 1 saturated heterocycles. The van der Waals surface area contributed by atoms with Gasteiger partial charge in [0.1, 0.15) is 13.2 Å². The number of hydrogen-bond acceptors (Lipinski definition) is 5. The molecule has 0 unspecified atom stereocenters. The topological polar surface area (TPSA) is 48.0 Å².